The van der Waals surface area contributed by atoms with Crippen molar-refractivity contribution < 1.29 is 0 Å². The minimum atomic E-state index is 0.965. The molecule has 1 aromatic rings. The van der Waals surface area contributed by atoms with Crippen LogP contribution in [-0.4, -0.2) is 11.4 Å². The van der Waals surface area contributed by atoms with Crippen molar-refractivity contribution in [2.75, 3.05) is 0 Å². The monoisotopic (exact) mass is 258 g/mol. The van der Waals surface area contributed by atoms with Gasteiger partial charge in [0, 0.05) is 17.0 Å². The molecule has 0 unspecified atom stereocenters. The molecular formula is C17H26N2. The molecule has 0 bridgehead atoms. The van der Waals surface area contributed by atoms with E-state index in [-0.39, 0.29) is 0 Å². The van der Waals surface area contributed by atoms with Gasteiger partial charge in [-0.1, -0.05) is 19.9 Å². The van der Waals surface area contributed by atoms with Crippen LogP contribution < -0.4 is 0 Å². The van der Waals surface area contributed by atoms with E-state index in [0.717, 1.165) is 35.6 Å². The first-order valence-electron chi connectivity index (χ1n) is 7.09. The number of nitrogens with zero attached hydrogens (tertiary/aromatic N) is 2. The average Bonchev–Trinajstić information content (AvgIpc) is 2.32. The van der Waals surface area contributed by atoms with Crippen LogP contribution in [0, 0.1) is 6.92 Å². The molecule has 1 rings (SSSR count). The number of aryl methyl sites for hydroxylation is 2. The van der Waals surface area contributed by atoms with Gasteiger partial charge in [-0.3, -0.25) is 9.98 Å². The molecule has 0 saturated heterocycles. The van der Waals surface area contributed by atoms with Crippen molar-refractivity contribution in [3.63, 3.8) is 0 Å². The van der Waals surface area contributed by atoms with Crippen LogP contribution in [0.25, 0.3) is 0 Å². The summed E-state index contributed by atoms with van der Waals surface area (Å²) in [6, 6.07) is 2.24. The Morgan fingerprint density at radius 1 is 0.895 bits per heavy atom. The predicted octanol–water partition coefficient (Wildman–Crippen LogP) is 5.34. The van der Waals surface area contributed by atoms with E-state index in [1.807, 2.05) is 27.7 Å². The third-order valence-electron chi connectivity index (χ3n) is 3.05. The normalized spacial score (nSPS) is 10.3. The van der Waals surface area contributed by atoms with Gasteiger partial charge in [-0.25, -0.2) is 0 Å². The van der Waals surface area contributed by atoms with Crippen molar-refractivity contribution in [3.05, 3.63) is 22.8 Å². The van der Waals surface area contributed by atoms with Crippen LogP contribution in [0.5, 0.6) is 0 Å². The Bertz CT molecular complexity index is 515. The van der Waals surface area contributed by atoms with Crippen LogP contribution >= 0.6 is 0 Å². The van der Waals surface area contributed by atoms with Gasteiger partial charge in [-0.2, -0.15) is 0 Å². The topological polar surface area (TPSA) is 24.7 Å². The summed E-state index contributed by atoms with van der Waals surface area (Å²) < 4.78 is 0. The fourth-order valence-electron chi connectivity index (χ4n) is 2.29. The highest BCUT2D eigenvalue weighted by Gasteiger charge is 2.13. The molecule has 0 aromatic heterocycles. The average molecular weight is 258 g/mol. The maximum atomic E-state index is 4.76. The highest BCUT2D eigenvalue weighted by Crippen LogP contribution is 2.37. The summed E-state index contributed by atoms with van der Waals surface area (Å²) in [7, 11) is 0. The van der Waals surface area contributed by atoms with Crippen LogP contribution in [0.4, 0.5) is 11.4 Å². The summed E-state index contributed by atoms with van der Waals surface area (Å²) in [5, 5.41) is 0. The number of benzene rings is 1. The van der Waals surface area contributed by atoms with Crippen LogP contribution in [0.1, 0.15) is 58.2 Å². The summed E-state index contributed by atoms with van der Waals surface area (Å²) >= 11 is 0. The SMILES string of the molecule is CCc1cc(C)c(N=C(C)C)c(CC)c1N=C(C)C. The zero-order valence-corrected chi connectivity index (χ0v) is 13.4. The van der Waals surface area contributed by atoms with Gasteiger partial charge in [0.15, 0.2) is 0 Å². The van der Waals surface area contributed by atoms with Gasteiger partial charge in [-0.15, -0.1) is 0 Å². The molecule has 0 aliphatic heterocycles. The molecule has 0 fully saturated rings. The van der Waals surface area contributed by atoms with E-state index in [0.29, 0.717) is 0 Å². The van der Waals surface area contributed by atoms with Gasteiger partial charge in [0.1, 0.15) is 0 Å². The molecule has 0 spiro atoms. The molecule has 2 heteroatoms. The first-order valence-corrected chi connectivity index (χ1v) is 7.09. The lowest BCUT2D eigenvalue weighted by Crippen LogP contribution is -1.96. The minimum Gasteiger partial charge on any atom is -0.258 e. The lowest BCUT2D eigenvalue weighted by molar-refractivity contribution is 1.06. The smallest absolute Gasteiger partial charge is 0.0714 e. The first-order chi connectivity index (χ1) is 8.90. The molecule has 0 amide bonds. The quantitative estimate of drug-likeness (QED) is 0.651. The number of hydrogen-bond acceptors (Lipinski definition) is 2. The molecule has 0 heterocycles. The third-order valence-corrected chi connectivity index (χ3v) is 3.05. The Balaban J connectivity index is 3.67. The van der Waals surface area contributed by atoms with E-state index in [1.54, 1.807) is 0 Å². The van der Waals surface area contributed by atoms with E-state index >= 15 is 0 Å². The summed E-state index contributed by atoms with van der Waals surface area (Å²) in [6.07, 6.45) is 1.97. The van der Waals surface area contributed by atoms with Crippen molar-refractivity contribution in [2.24, 2.45) is 9.98 Å². The standard InChI is InChI=1S/C17H26N2/c1-8-14-10-13(7)16(18-11(3)4)15(9-2)17(14)19-12(5)6/h10H,8-9H2,1-7H3. The molecule has 2 nitrogen and oxygen atoms in total. The van der Waals surface area contributed by atoms with Gasteiger partial charge < -0.3 is 0 Å². The summed E-state index contributed by atoms with van der Waals surface area (Å²) in [5.41, 5.74) is 8.28. The lowest BCUT2D eigenvalue weighted by atomic mass is 9.97. The van der Waals surface area contributed by atoms with E-state index in [1.165, 1.54) is 16.7 Å². The third kappa shape index (κ3) is 3.76. The minimum absolute atomic E-state index is 0.965. The first kappa shape index (κ1) is 15.6. The molecule has 19 heavy (non-hydrogen) atoms. The zero-order valence-electron chi connectivity index (χ0n) is 13.4. The number of rotatable bonds is 4. The Kier molecular flexibility index (Phi) is 5.46. The Hall–Kier alpha value is -1.44. The van der Waals surface area contributed by atoms with Gasteiger partial charge in [0.2, 0.25) is 0 Å². The van der Waals surface area contributed by atoms with Crippen LogP contribution in [0.3, 0.4) is 0 Å². The second kappa shape index (κ2) is 6.65. The number of hydrogen-bond donors (Lipinski definition) is 0. The Morgan fingerprint density at radius 2 is 1.42 bits per heavy atom. The van der Waals surface area contributed by atoms with Crippen molar-refractivity contribution in [1.29, 1.82) is 0 Å². The molecule has 0 saturated carbocycles. The highest BCUT2D eigenvalue weighted by molar-refractivity contribution is 5.87. The van der Waals surface area contributed by atoms with Gasteiger partial charge >= 0.3 is 0 Å². The molecule has 0 N–H and O–H groups in total. The van der Waals surface area contributed by atoms with Crippen molar-refractivity contribution in [1.82, 2.24) is 0 Å². The maximum Gasteiger partial charge on any atom is 0.0714 e. The molecule has 0 aliphatic carbocycles. The van der Waals surface area contributed by atoms with E-state index in [9.17, 15) is 0 Å². The van der Waals surface area contributed by atoms with E-state index < -0.39 is 0 Å². The van der Waals surface area contributed by atoms with Gasteiger partial charge in [-0.05, 0) is 58.6 Å². The fourth-order valence-corrected chi connectivity index (χ4v) is 2.29. The molecule has 1 aromatic carbocycles. The summed E-state index contributed by atoms with van der Waals surface area (Å²) in [4.78, 5) is 9.48. The van der Waals surface area contributed by atoms with E-state index in [4.69, 9.17) is 9.98 Å². The van der Waals surface area contributed by atoms with Crippen molar-refractivity contribution in [3.8, 4) is 0 Å². The van der Waals surface area contributed by atoms with Crippen molar-refractivity contribution in [2.45, 2.75) is 61.3 Å². The molecular weight excluding hydrogens is 232 g/mol. The van der Waals surface area contributed by atoms with Crippen LogP contribution in [0.2, 0.25) is 0 Å². The zero-order chi connectivity index (χ0) is 14.6. The van der Waals surface area contributed by atoms with E-state index in [2.05, 4.69) is 26.8 Å². The number of aliphatic imine (C=N–C) groups is 2. The Labute approximate surface area is 117 Å². The van der Waals surface area contributed by atoms with Crippen LogP contribution in [-0.2, 0) is 12.8 Å². The lowest BCUT2D eigenvalue weighted by Gasteiger charge is -2.15. The molecule has 0 atom stereocenters. The van der Waals surface area contributed by atoms with Crippen molar-refractivity contribution >= 4 is 22.8 Å². The second-order valence-corrected chi connectivity index (χ2v) is 5.35. The highest BCUT2D eigenvalue weighted by atomic mass is 14.8. The summed E-state index contributed by atoms with van der Waals surface area (Å²) in [6.45, 7) is 14.7. The Morgan fingerprint density at radius 3 is 1.84 bits per heavy atom. The fraction of sp³-hybridized carbons (Fsp3) is 0.529. The predicted molar refractivity (Wildman–Crippen MR) is 86.8 cm³/mol. The molecule has 104 valence electrons. The summed E-state index contributed by atoms with van der Waals surface area (Å²) in [5.74, 6) is 0. The van der Waals surface area contributed by atoms with Gasteiger partial charge in [0.05, 0.1) is 11.4 Å². The van der Waals surface area contributed by atoms with Gasteiger partial charge in [0.25, 0.3) is 0 Å². The second-order valence-electron chi connectivity index (χ2n) is 5.35. The molecule has 0 aliphatic rings. The largest absolute Gasteiger partial charge is 0.258 e. The van der Waals surface area contributed by atoms with Crippen LogP contribution in [0.15, 0.2) is 16.1 Å². The maximum absolute atomic E-state index is 4.76. The molecule has 0 radical (unpaired) electrons.